The average Bonchev–Trinajstić information content (AvgIpc) is 3.35. The van der Waals surface area contributed by atoms with Crippen LogP contribution in [0.1, 0.15) is 50.5 Å². The lowest BCUT2D eigenvalue weighted by Gasteiger charge is -2.34. The third-order valence-corrected chi connectivity index (χ3v) is 7.49. The molecule has 5 rings (SSSR count). The molecular weight excluding hydrogens is 503 g/mol. The second kappa shape index (κ2) is 9.24. The van der Waals surface area contributed by atoms with E-state index in [2.05, 4.69) is 20.3 Å². The Morgan fingerprint density at radius 2 is 1.95 bits per heavy atom. The van der Waals surface area contributed by atoms with Crippen molar-refractivity contribution in [3.63, 3.8) is 0 Å². The Morgan fingerprint density at radius 1 is 1.14 bits per heavy atom. The van der Waals surface area contributed by atoms with Gasteiger partial charge in [0, 0.05) is 12.4 Å². The molecule has 4 aromatic rings. The molecule has 0 spiro atoms. The number of nitrogens with zero attached hydrogens (tertiary/aromatic N) is 3. The summed E-state index contributed by atoms with van der Waals surface area (Å²) in [6.07, 6.45) is 0.419. The number of fused-ring (bicyclic) bond motifs is 1. The molecule has 1 aromatic carbocycles. The molecule has 0 amide bonds. The summed E-state index contributed by atoms with van der Waals surface area (Å²) in [6, 6.07) is 10.2. The minimum atomic E-state index is -4.48. The second-order valence-electron chi connectivity index (χ2n) is 8.98. The van der Waals surface area contributed by atoms with E-state index >= 15 is 0 Å². The summed E-state index contributed by atoms with van der Waals surface area (Å²) < 4.78 is 39.2. The van der Waals surface area contributed by atoms with Gasteiger partial charge in [0.15, 0.2) is 0 Å². The highest BCUT2D eigenvalue weighted by Crippen LogP contribution is 2.42. The number of halogens is 3. The van der Waals surface area contributed by atoms with E-state index in [1.54, 1.807) is 24.4 Å². The smallest absolute Gasteiger partial charge is 0.416 e. The minimum Gasteiger partial charge on any atom is -0.545 e. The van der Waals surface area contributed by atoms with Gasteiger partial charge >= 0.3 is 6.18 Å². The molecule has 0 radical (unpaired) electrons. The average molecular weight is 525 g/mol. The Labute approximate surface area is 214 Å². The molecule has 3 heterocycles. The molecule has 1 unspecified atom stereocenters. The number of nitrogens with two attached hydrogens (primary N) is 1. The van der Waals surface area contributed by atoms with Crippen molar-refractivity contribution in [1.82, 2.24) is 15.0 Å². The highest BCUT2D eigenvalue weighted by atomic mass is 32.1. The van der Waals surface area contributed by atoms with Crippen LogP contribution in [0.2, 0.25) is 0 Å². The Hall–Kier alpha value is -3.83. The van der Waals surface area contributed by atoms with Crippen molar-refractivity contribution >= 4 is 28.9 Å². The van der Waals surface area contributed by atoms with E-state index in [0.717, 1.165) is 46.3 Å². The molecule has 190 valence electrons. The van der Waals surface area contributed by atoms with E-state index in [-0.39, 0.29) is 11.4 Å². The van der Waals surface area contributed by atoms with Crippen LogP contribution in [0.25, 0.3) is 10.6 Å². The van der Waals surface area contributed by atoms with Gasteiger partial charge < -0.3 is 21.0 Å². The lowest BCUT2D eigenvalue weighted by molar-refractivity contribution is -0.255. The topological polar surface area (TPSA) is 117 Å². The number of carboxylic acid groups (broad SMARTS) is 1. The van der Waals surface area contributed by atoms with E-state index in [0.29, 0.717) is 29.4 Å². The summed E-state index contributed by atoms with van der Waals surface area (Å²) >= 11 is 1.38. The number of nitrogens with one attached hydrogen (secondary N) is 1. The quantitative estimate of drug-likeness (QED) is 0.393. The number of aromatic carboxylic acids is 1. The van der Waals surface area contributed by atoms with E-state index < -0.39 is 23.2 Å². The first kappa shape index (κ1) is 24.8. The molecule has 3 N–H and O–H groups in total. The molecule has 1 atom stereocenters. The number of benzene rings is 1. The molecule has 1 aliphatic carbocycles. The minimum absolute atomic E-state index is 0.0273. The van der Waals surface area contributed by atoms with Crippen LogP contribution in [0.15, 0.2) is 54.9 Å². The van der Waals surface area contributed by atoms with Gasteiger partial charge in [-0.25, -0.2) is 15.0 Å². The molecule has 0 fully saturated rings. The summed E-state index contributed by atoms with van der Waals surface area (Å²) in [5.41, 5.74) is 8.42. The molecule has 0 aliphatic heterocycles. The molecule has 0 bridgehead atoms. The van der Waals surface area contributed by atoms with Gasteiger partial charge in [-0.15, -0.1) is 11.3 Å². The largest absolute Gasteiger partial charge is 0.545 e. The second-order valence-corrected chi connectivity index (χ2v) is 10.0. The fourth-order valence-electron chi connectivity index (χ4n) is 4.54. The SMILES string of the molecule is Cc1cc(Nc2cc(C(F)(F)F)ccn2)nc(-c2cnc(C3(N)CCCc4cc(C(=O)[O-])ccc43)s2)c1. The van der Waals surface area contributed by atoms with Crippen molar-refractivity contribution < 1.29 is 23.1 Å². The predicted octanol–water partition coefficient (Wildman–Crippen LogP) is 4.57. The van der Waals surface area contributed by atoms with Gasteiger partial charge in [-0.05, 0) is 78.8 Å². The third kappa shape index (κ3) is 4.92. The first-order chi connectivity index (χ1) is 17.5. The molecule has 37 heavy (non-hydrogen) atoms. The molecule has 11 heteroatoms. The van der Waals surface area contributed by atoms with Crippen molar-refractivity contribution in [3.8, 4) is 10.6 Å². The van der Waals surface area contributed by atoms with Gasteiger partial charge in [0.1, 0.15) is 16.6 Å². The molecule has 7 nitrogen and oxygen atoms in total. The van der Waals surface area contributed by atoms with Gasteiger partial charge in [-0.3, -0.25) is 0 Å². The number of carboxylic acids is 1. The first-order valence-corrected chi connectivity index (χ1v) is 12.2. The number of carbonyl (C=O) groups is 1. The predicted molar refractivity (Wildman–Crippen MR) is 131 cm³/mol. The highest BCUT2D eigenvalue weighted by molar-refractivity contribution is 7.15. The number of alkyl halides is 3. The van der Waals surface area contributed by atoms with Crippen molar-refractivity contribution in [3.05, 3.63) is 87.7 Å². The number of hydrogen-bond donors (Lipinski definition) is 2. The first-order valence-electron chi connectivity index (χ1n) is 11.4. The van der Waals surface area contributed by atoms with Crippen molar-refractivity contribution in [2.45, 2.75) is 37.9 Å². The van der Waals surface area contributed by atoms with Crippen LogP contribution in [0, 0.1) is 6.92 Å². The van der Waals surface area contributed by atoms with E-state index in [4.69, 9.17) is 5.73 Å². The number of pyridine rings is 2. The summed E-state index contributed by atoms with van der Waals surface area (Å²) in [6.45, 7) is 1.86. The van der Waals surface area contributed by atoms with Crippen LogP contribution in [-0.2, 0) is 18.1 Å². The summed E-state index contributed by atoms with van der Waals surface area (Å²) in [5.74, 6) is -0.862. The highest BCUT2D eigenvalue weighted by Gasteiger charge is 2.37. The Bertz CT molecular complexity index is 1500. The lowest BCUT2D eigenvalue weighted by Crippen LogP contribution is -2.41. The normalized spacial score (nSPS) is 17.3. The molecule has 3 aromatic heterocycles. The maximum absolute atomic E-state index is 13.1. The van der Waals surface area contributed by atoms with Crippen molar-refractivity contribution in [1.29, 1.82) is 0 Å². The maximum atomic E-state index is 13.1. The van der Waals surface area contributed by atoms with Gasteiger partial charge in [0.2, 0.25) is 0 Å². The van der Waals surface area contributed by atoms with Crippen LogP contribution >= 0.6 is 11.3 Å². The van der Waals surface area contributed by atoms with E-state index in [1.807, 2.05) is 13.0 Å². The van der Waals surface area contributed by atoms with Gasteiger partial charge in [0.25, 0.3) is 0 Å². The number of aromatic nitrogens is 3. The molecular formula is C26H21F3N5O2S-. The number of carbonyl (C=O) groups excluding carboxylic acids is 1. The number of rotatable bonds is 5. The van der Waals surface area contributed by atoms with Crippen molar-refractivity contribution in [2.75, 3.05) is 5.32 Å². The van der Waals surface area contributed by atoms with Gasteiger partial charge in [-0.1, -0.05) is 12.1 Å². The fraction of sp³-hybridized carbons (Fsp3) is 0.231. The van der Waals surface area contributed by atoms with E-state index in [9.17, 15) is 23.1 Å². The number of thiazole rings is 1. The Morgan fingerprint density at radius 3 is 2.70 bits per heavy atom. The molecule has 1 aliphatic rings. The fourth-order valence-corrected chi connectivity index (χ4v) is 5.56. The number of aryl methyl sites for hydroxylation is 2. The van der Waals surface area contributed by atoms with Crippen LogP contribution in [0.5, 0.6) is 0 Å². The zero-order valence-electron chi connectivity index (χ0n) is 19.6. The van der Waals surface area contributed by atoms with Crippen LogP contribution < -0.4 is 16.2 Å². The Kier molecular flexibility index (Phi) is 6.20. The molecule has 0 saturated heterocycles. The summed E-state index contributed by atoms with van der Waals surface area (Å²) in [4.78, 5) is 25.2. The molecule has 0 saturated carbocycles. The Balaban J connectivity index is 1.46. The third-order valence-electron chi connectivity index (χ3n) is 6.29. The van der Waals surface area contributed by atoms with E-state index in [1.165, 1.54) is 17.4 Å². The zero-order valence-corrected chi connectivity index (χ0v) is 20.4. The number of hydrogen-bond acceptors (Lipinski definition) is 8. The summed E-state index contributed by atoms with van der Waals surface area (Å²) in [7, 11) is 0. The lowest BCUT2D eigenvalue weighted by atomic mass is 9.77. The maximum Gasteiger partial charge on any atom is 0.416 e. The van der Waals surface area contributed by atoms with Crippen LogP contribution in [0.3, 0.4) is 0 Å². The number of anilines is 2. The standard InChI is InChI=1S/C26H22F3N5O2S/c1-14-9-19(33-22(10-14)34-21-12-17(6-8-31-21)26(27,28)29)20-13-32-24(37-20)25(30)7-2-3-15-11-16(23(35)36)4-5-18(15)25/h4-6,8-13H,2-3,7,30H2,1H3,(H,35,36)(H,31,33,34)/p-1. The van der Waals surface area contributed by atoms with Crippen molar-refractivity contribution in [2.24, 2.45) is 5.73 Å². The van der Waals surface area contributed by atoms with Crippen LogP contribution in [0.4, 0.5) is 24.8 Å². The van der Waals surface area contributed by atoms with Crippen LogP contribution in [-0.4, -0.2) is 20.9 Å². The monoisotopic (exact) mass is 524 g/mol. The summed E-state index contributed by atoms with van der Waals surface area (Å²) in [5, 5.41) is 14.8. The van der Waals surface area contributed by atoms with Gasteiger partial charge in [-0.2, -0.15) is 13.2 Å². The van der Waals surface area contributed by atoms with Gasteiger partial charge in [0.05, 0.1) is 27.6 Å². The zero-order chi connectivity index (χ0) is 26.4.